The highest BCUT2D eigenvalue weighted by molar-refractivity contribution is 9.10. The lowest BCUT2D eigenvalue weighted by molar-refractivity contribution is 0.0842. The van der Waals surface area contributed by atoms with E-state index in [4.69, 9.17) is 0 Å². The van der Waals surface area contributed by atoms with Crippen LogP contribution < -0.4 is 10.9 Å². The zero-order chi connectivity index (χ0) is 17.4. The van der Waals surface area contributed by atoms with E-state index in [0.717, 1.165) is 26.6 Å². The molecule has 1 aromatic carbocycles. The molecule has 3 N–H and O–H groups in total. The number of hydrazine groups is 1. The Kier molecular flexibility index (Phi) is 4.19. The number of aromatic amines is 1. The minimum atomic E-state index is -0.383. The summed E-state index contributed by atoms with van der Waals surface area (Å²) in [5.74, 6) is -0.747. The molecule has 0 aliphatic heterocycles. The van der Waals surface area contributed by atoms with Crippen molar-refractivity contribution in [2.24, 2.45) is 7.05 Å². The van der Waals surface area contributed by atoms with Gasteiger partial charge in [-0.25, -0.2) is 0 Å². The first-order valence-electron chi connectivity index (χ1n) is 7.38. The summed E-state index contributed by atoms with van der Waals surface area (Å²) in [6, 6.07) is 7.08. The Balaban J connectivity index is 1.74. The van der Waals surface area contributed by atoms with Crippen molar-refractivity contribution >= 4 is 38.6 Å². The predicted molar refractivity (Wildman–Crippen MR) is 95.8 cm³/mol. The molecule has 24 heavy (non-hydrogen) atoms. The van der Waals surface area contributed by atoms with Crippen LogP contribution in [-0.4, -0.2) is 21.4 Å². The van der Waals surface area contributed by atoms with Crippen LogP contribution in [0.4, 0.5) is 0 Å². The van der Waals surface area contributed by atoms with E-state index >= 15 is 0 Å². The number of nitrogens with zero attached hydrogens (tertiary/aromatic N) is 1. The molecule has 0 fully saturated rings. The van der Waals surface area contributed by atoms with Crippen molar-refractivity contribution < 1.29 is 9.59 Å². The molecule has 3 aromatic rings. The lowest BCUT2D eigenvalue weighted by atomic mass is 10.1. The molecule has 6 nitrogen and oxygen atoms in total. The number of rotatable bonds is 2. The number of amides is 2. The molecule has 124 valence electrons. The van der Waals surface area contributed by atoms with Gasteiger partial charge in [-0.2, -0.15) is 0 Å². The average Bonchev–Trinajstić information content (AvgIpc) is 3.03. The number of hydrogen-bond acceptors (Lipinski definition) is 2. The topological polar surface area (TPSA) is 78.9 Å². The Bertz CT molecular complexity index is 955. The molecule has 0 spiro atoms. The van der Waals surface area contributed by atoms with Gasteiger partial charge in [-0.3, -0.25) is 20.4 Å². The molecule has 2 aromatic heterocycles. The minimum absolute atomic E-state index is 0.364. The molecule has 2 heterocycles. The third kappa shape index (κ3) is 2.94. The van der Waals surface area contributed by atoms with Gasteiger partial charge >= 0.3 is 0 Å². The van der Waals surface area contributed by atoms with Crippen LogP contribution in [0, 0.1) is 13.8 Å². The SMILES string of the molecule is Cc1[nH]c2ccc(C(=O)NNC(=O)c3cc(Br)cn3C)cc2c1C. The van der Waals surface area contributed by atoms with E-state index in [0.29, 0.717) is 11.3 Å². The van der Waals surface area contributed by atoms with Crippen LogP contribution >= 0.6 is 15.9 Å². The fraction of sp³-hybridized carbons (Fsp3) is 0.176. The molecule has 0 bridgehead atoms. The van der Waals surface area contributed by atoms with E-state index in [2.05, 4.69) is 31.8 Å². The molecule has 0 saturated carbocycles. The first-order chi connectivity index (χ1) is 11.4. The highest BCUT2D eigenvalue weighted by Gasteiger charge is 2.14. The van der Waals surface area contributed by atoms with E-state index < -0.39 is 0 Å². The molecule has 0 aliphatic carbocycles. The lowest BCUT2D eigenvalue weighted by Gasteiger charge is -2.08. The fourth-order valence-corrected chi connectivity index (χ4v) is 3.13. The van der Waals surface area contributed by atoms with Crippen LogP contribution in [0.5, 0.6) is 0 Å². The van der Waals surface area contributed by atoms with Gasteiger partial charge < -0.3 is 9.55 Å². The number of fused-ring (bicyclic) bond motifs is 1. The van der Waals surface area contributed by atoms with Crippen molar-refractivity contribution in [3.8, 4) is 0 Å². The third-order valence-corrected chi connectivity index (χ3v) is 4.50. The minimum Gasteiger partial charge on any atom is -0.358 e. The van der Waals surface area contributed by atoms with E-state index in [1.807, 2.05) is 26.0 Å². The van der Waals surface area contributed by atoms with Crippen molar-refractivity contribution in [2.75, 3.05) is 0 Å². The highest BCUT2D eigenvalue weighted by atomic mass is 79.9. The van der Waals surface area contributed by atoms with Crippen LogP contribution in [0.2, 0.25) is 0 Å². The number of carbonyl (C=O) groups excluding carboxylic acids is 2. The van der Waals surface area contributed by atoms with Gasteiger partial charge in [-0.15, -0.1) is 0 Å². The Labute approximate surface area is 147 Å². The van der Waals surface area contributed by atoms with Crippen LogP contribution in [0.15, 0.2) is 34.9 Å². The monoisotopic (exact) mass is 388 g/mol. The van der Waals surface area contributed by atoms with Gasteiger partial charge in [0.05, 0.1) is 0 Å². The second-order valence-corrected chi connectivity index (χ2v) is 6.61. The summed E-state index contributed by atoms with van der Waals surface area (Å²) >= 11 is 3.31. The largest absolute Gasteiger partial charge is 0.358 e. The van der Waals surface area contributed by atoms with Crippen molar-refractivity contribution in [3.63, 3.8) is 0 Å². The van der Waals surface area contributed by atoms with Crippen LogP contribution in [-0.2, 0) is 7.05 Å². The number of H-pyrrole nitrogens is 1. The second kappa shape index (κ2) is 6.16. The molecule has 3 rings (SSSR count). The van der Waals surface area contributed by atoms with Crippen LogP contribution in [0.3, 0.4) is 0 Å². The molecular formula is C17H17BrN4O2. The summed E-state index contributed by atoms with van der Waals surface area (Å²) in [5, 5.41) is 0.998. The summed E-state index contributed by atoms with van der Waals surface area (Å²) < 4.78 is 2.47. The number of aromatic nitrogens is 2. The molecule has 7 heteroatoms. The Morgan fingerprint density at radius 2 is 1.83 bits per heavy atom. The summed E-state index contributed by atoms with van der Waals surface area (Å²) in [7, 11) is 1.76. The van der Waals surface area contributed by atoms with Gasteiger partial charge in [-0.1, -0.05) is 0 Å². The number of nitrogens with one attached hydrogen (secondary N) is 3. The predicted octanol–water partition coefficient (Wildman–Crippen LogP) is 2.96. The second-order valence-electron chi connectivity index (χ2n) is 5.70. The molecule has 0 aliphatic rings. The van der Waals surface area contributed by atoms with Crippen molar-refractivity contribution in [1.82, 2.24) is 20.4 Å². The maximum Gasteiger partial charge on any atom is 0.286 e. The first kappa shape index (κ1) is 16.3. The van der Waals surface area contributed by atoms with E-state index in [1.165, 1.54) is 0 Å². The smallest absolute Gasteiger partial charge is 0.286 e. The van der Waals surface area contributed by atoms with Gasteiger partial charge in [-0.05, 0) is 59.6 Å². The van der Waals surface area contributed by atoms with Crippen LogP contribution in [0.25, 0.3) is 10.9 Å². The Hall–Kier alpha value is -2.54. The van der Waals surface area contributed by atoms with E-state index in [-0.39, 0.29) is 11.8 Å². The zero-order valence-electron chi connectivity index (χ0n) is 13.5. The van der Waals surface area contributed by atoms with Crippen molar-refractivity contribution in [3.05, 3.63) is 57.4 Å². The quantitative estimate of drug-likeness (QED) is 0.590. The van der Waals surface area contributed by atoms with Gasteiger partial charge in [0.1, 0.15) is 5.69 Å². The normalized spacial score (nSPS) is 10.8. The summed E-state index contributed by atoms with van der Waals surface area (Å²) in [5.41, 5.74) is 8.97. The van der Waals surface area contributed by atoms with Crippen LogP contribution in [0.1, 0.15) is 32.1 Å². The highest BCUT2D eigenvalue weighted by Crippen LogP contribution is 2.22. The Morgan fingerprint density at radius 3 is 2.50 bits per heavy atom. The molecule has 0 saturated heterocycles. The molecule has 0 radical (unpaired) electrons. The van der Waals surface area contributed by atoms with Gasteiger partial charge in [0.25, 0.3) is 11.8 Å². The van der Waals surface area contributed by atoms with Gasteiger partial charge in [0.15, 0.2) is 0 Å². The Morgan fingerprint density at radius 1 is 1.12 bits per heavy atom. The molecule has 0 atom stereocenters. The van der Waals surface area contributed by atoms with Gasteiger partial charge in [0.2, 0.25) is 0 Å². The fourth-order valence-electron chi connectivity index (χ4n) is 2.60. The van der Waals surface area contributed by atoms with E-state index in [9.17, 15) is 9.59 Å². The standard InChI is InChI=1S/C17H17BrN4O2/c1-9-10(2)19-14-5-4-11(6-13(9)14)16(23)20-21-17(24)15-7-12(18)8-22(15)3/h4-8,19H,1-3H3,(H,20,23)(H,21,24). The number of halogens is 1. The summed E-state index contributed by atoms with van der Waals surface area (Å²) in [6.45, 7) is 4.00. The number of carbonyl (C=O) groups is 2. The van der Waals surface area contributed by atoms with Crippen molar-refractivity contribution in [2.45, 2.75) is 13.8 Å². The van der Waals surface area contributed by atoms with Crippen molar-refractivity contribution in [1.29, 1.82) is 0 Å². The van der Waals surface area contributed by atoms with Gasteiger partial charge in [0, 0.05) is 39.9 Å². The lowest BCUT2D eigenvalue weighted by Crippen LogP contribution is -2.42. The van der Waals surface area contributed by atoms with E-state index in [1.54, 1.807) is 29.9 Å². The molecule has 0 unspecified atom stereocenters. The maximum absolute atomic E-state index is 12.3. The molecule has 2 amide bonds. The molecular weight excluding hydrogens is 372 g/mol. The summed E-state index contributed by atoms with van der Waals surface area (Å²) in [4.78, 5) is 27.7. The number of hydrogen-bond donors (Lipinski definition) is 3. The first-order valence-corrected chi connectivity index (χ1v) is 8.17. The average molecular weight is 389 g/mol. The zero-order valence-corrected chi connectivity index (χ0v) is 15.1. The maximum atomic E-state index is 12.3. The number of benzene rings is 1. The summed E-state index contributed by atoms with van der Waals surface area (Å²) in [6.07, 6.45) is 1.77. The third-order valence-electron chi connectivity index (χ3n) is 4.06. The number of aryl methyl sites for hydroxylation is 3.